The van der Waals surface area contributed by atoms with Crippen LogP contribution in [0.5, 0.6) is 0 Å². The number of hydrogen-bond acceptors (Lipinski definition) is 3. The fraction of sp³-hybridized carbons (Fsp3) is 0. The first kappa shape index (κ1) is 9.07. The van der Waals surface area contributed by atoms with Gasteiger partial charge in [-0.3, -0.25) is 0 Å². The van der Waals surface area contributed by atoms with Crippen LogP contribution in [0.4, 0.5) is 0 Å². The Morgan fingerprint density at radius 1 is 0.765 bits per heavy atom. The molecule has 2 aromatic carbocycles. The van der Waals surface area contributed by atoms with E-state index in [0.717, 1.165) is 27.1 Å². The Morgan fingerprint density at radius 3 is 2.47 bits per heavy atom. The monoisotopic (exact) mass is 236 g/mol. The van der Waals surface area contributed by atoms with E-state index in [1.807, 2.05) is 36.4 Å². The van der Waals surface area contributed by atoms with Gasteiger partial charge in [0.05, 0.1) is 15.7 Å². The first-order valence-corrected chi connectivity index (χ1v) is 6.27. The third-order valence-electron chi connectivity index (χ3n) is 2.89. The van der Waals surface area contributed by atoms with Crippen molar-refractivity contribution in [3.63, 3.8) is 0 Å². The molecule has 80 valence electrons. The molecule has 0 aromatic heterocycles. The predicted octanol–water partition coefficient (Wildman–Crippen LogP) is 3.95. The van der Waals surface area contributed by atoms with Gasteiger partial charge in [-0.1, -0.05) is 30.3 Å². The summed E-state index contributed by atoms with van der Waals surface area (Å²) in [4.78, 5) is 9.34. The normalized spacial score (nSPS) is 11.5. The Bertz CT molecular complexity index is 798. The van der Waals surface area contributed by atoms with Crippen LogP contribution in [-0.2, 0) is 0 Å². The number of aromatic nitrogens is 2. The number of fused-ring (bicyclic) bond motifs is 4. The molecule has 0 amide bonds. The molecule has 0 unspecified atom stereocenters. The molecule has 0 bridgehead atoms. The predicted molar refractivity (Wildman–Crippen MR) is 71.5 cm³/mol. The van der Waals surface area contributed by atoms with Crippen LogP contribution in [0.3, 0.4) is 0 Å². The van der Waals surface area contributed by atoms with Gasteiger partial charge < -0.3 is 0 Å². The van der Waals surface area contributed by atoms with Gasteiger partial charge in [0, 0.05) is 5.39 Å². The summed E-state index contributed by atoms with van der Waals surface area (Å²) in [6.07, 6.45) is 0. The van der Waals surface area contributed by atoms with Crippen LogP contribution in [0.2, 0.25) is 0 Å². The average molecular weight is 236 g/mol. The molecule has 3 heteroatoms. The van der Waals surface area contributed by atoms with Crippen LogP contribution in [-0.4, -0.2) is 9.97 Å². The van der Waals surface area contributed by atoms with Crippen molar-refractivity contribution in [1.29, 1.82) is 0 Å². The van der Waals surface area contributed by atoms with E-state index in [1.54, 1.807) is 11.3 Å². The van der Waals surface area contributed by atoms with Crippen LogP contribution in [0.25, 0.3) is 31.8 Å². The van der Waals surface area contributed by atoms with E-state index in [1.165, 1.54) is 4.70 Å². The van der Waals surface area contributed by atoms with E-state index < -0.39 is 0 Å². The van der Waals surface area contributed by atoms with Crippen molar-refractivity contribution in [3.8, 4) is 10.7 Å². The highest BCUT2D eigenvalue weighted by atomic mass is 32.1. The molecular weight excluding hydrogens is 228 g/mol. The lowest BCUT2D eigenvalue weighted by Gasteiger charge is -1.99. The van der Waals surface area contributed by atoms with Crippen LogP contribution in [0.1, 0.15) is 0 Å². The quantitative estimate of drug-likeness (QED) is 0.462. The van der Waals surface area contributed by atoms with Crippen LogP contribution >= 0.6 is 11.3 Å². The molecule has 0 N–H and O–H groups in total. The lowest BCUT2D eigenvalue weighted by molar-refractivity contribution is 1.42. The Morgan fingerprint density at radius 2 is 1.53 bits per heavy atom. The zero-order valence-electron chi connectivity index (χ0n) is 8.92. The molecule has 0 saturated carbocycles. The van der Waals surface area contributed by atoms with E-state index in [0.29, 0.717) is 0 Å². The van der Waals surface area contributed by atoms with Crippen molar-refractivity contribution in [2.45, 2.75) is 0 Å². The van der Waals surface area contributed by atoms with Crippen molar-refractivity contribution in [2.75, 3.05) is 0 Å². The average Bonchev–Trinajstić information content (AvgIpc) is 2.73. The third kappa shape index (κ3) is 1.26. The highest BCUT2D eigenvalue weighted by Crippen LogP contribution is 2.35. The summed E-state index contributed by atoms with van der Waals surface area (Å²) >= 11 is 1.70. The Labute approximate surface area is 102 Å². The smallest absolute Gasteiger partial charge is 0.143 e. The minimum absolute atomic E-state index is 1.02. The fourth-order valence-electron chi connectivity index (χ4n) is 2.09. The molecule has 0 atom stereocenters. The summed E-state index contributed by atoms with van der Waals surface area (Å²) < 4.78 is 1.18. The zero-order chi connectivity index (χ0) is 11.2. The molecule has 2 aliphatic rings. The first-order valence-electron chi connectivity index (χ1n) is 5.46. The summed E-state index contributed by atoms with van der Waals surface area (Å²) in [6, 6.07) is 16.4. The van der Waals surface area contributed by atoms with Crippen molar-refractivity contribution >= 4 is 32.5 Å². The van der Waals surface area contributed by atoms with Gasteiger partial charge in [0.15, 0.2) is 0 Å². The topological polar surface area (TPSA) is 25.8 Å². The van der Waals surface area contributed by atoms with Crippen molar-refractivity contribution in [2.24, 2.45) is 0 Å². The van der Waals surface area contributed by atoms with Crippen molar-refractivity contribution in [1.82, 2.24) is 9.97 Å². The summed E-state index contributed by atoms with van der Waals surface area (Å²) in [5.41, 5.74) is 3.09. The molecule has 2 heterocycles. The highest BCUT2D eigenvalue weighted by molar-refractivity contribution is 7.21. The third-order valence-corrected chi connectivity index (χ3v) is 3.93. The maximum atomic E-state index is 4.71. The number of hydrogen-bond donors (Lipinski definition) is 0. The summed E-state index contributed by atoms with van der Waals surface area (Å²) in [5.74, 6) is 0. The molecule has 0 saturated heterocycles. The van der Waals surface area contributed by atoms with Gasteiger partial charge in [-0.25, -0.2) is 9.97 Å². The van der Waals surface area contributed by atoms with Gasteiger partial charge in [-0.2, -0.15) is 0 Å². The number of benzene rings is 2. The van der Waals surface area contributed by atoms with E-state index in [4.69, 9.17) is 4.98 Å². The summed E-state index contributed by atoms with van der Waals surface area (Å²) in [5, 5.41) is 2.16. The standard InChI is InChI=1S/C14H8N2S/c1-2-6-10-9(5-1)13-14(16-10)17-12-8-4-3-7-11(12)15-13/h1-8H. The maximum Gasteiger partial charge on any atom is 0.143 e. The minimum Gasteiger partial charge on any atom is -0.244 e. The molecule has 0 fully saturated rings. The largest absolute Gasteiger partial charge is 0.244 e. The van der Waals surface area contributed by atoms with Gasteiger partial charge >= 0.3 is 0 Å². The summed E-state index contributed by atoms with van der Waals surface area (Å²) in [6.45, 7) is 0. The number of para-hydroxylation sites is 2. The highest BCUT2D eigenvalue weighted by Gasteiger charge is 2.14. The summed E-state index contributed by atoms with van der Waals surface area (Å²) in [7, 11) is 0. The Hall–Kier alpha value is -2.00. The van der Waals surface area contributed by atoms with Crippen LogP contribution in [0.15, 0.2) is 48.5 Å². The van der Waals surface area contributed by atoms with E-state index in [9.17, 15) is 0 Å². The Kier molecular flexibility index (Phi) is 1.73. The number of nitrogens with zero attached hydrogens (tertiary/aromatic N) is 2. The van der Waals surface area contributed by atoms with Crippen molar-refractivity contribution in [3.05, 3.63) is 48.5 Å². The molecule has 2 nitrogen and oxygen atoms in total. The Balaban J connectivity index is 2.25. The first-order chi connectivity index (χ1) is 8.42. The second-order valence-corrected chi connectivity index (χ2v) is 4.99. The molecule has 0 radical (unpaired) electrons. The van der Waals surface area contributed by atoms with Gasteiger partial charge in [-0.05, 0) is 18.2 Å². The van der Waals surface area contributed by atoms with Gasteiger partial charge in [0.2, 0.25) is 0 Å². The molecule has 0 spiro atoms. The molecule has 2 aromatic rings. The van der Waals surface area contributed by atoms with E-state index >= 15 is 0 Å². The van der Waals surface area contributed by atoms with Crippen LogP contribution < -0.4 is 0 Å². The van der Waals surface area contributed by atoms with E-state index in [2.05, 4.69) is 17.1 Å². The molecule has 17 heavy (non-hydrogen) atoms. The fourth-order valence-corrected chi connectivity index (χ4v) is 3.06. The zero-order valence-corrected chi connectivity index (χ0v) is 9.74. The van der Waals surface area contributed by atoms with E-state index in [-0.39, 0.29) is 0 Å². The minimum atomic E-state index is 1.02. The second kappa shape index (κ2) is 3.25. The van der Waals surface area contributed by atoms with Gasteiger partial charge in [0.25, 0.3) is 0 Å². The maximum absolute atomic E-state index is 4.71. The van der Waals surface area contributed by atoms with Crippen LogP contribution in [0, 0.1) is 0 Å². The second-order valence-electron chi connectivity index (χ2n) is 3.96. The number of rotatable bonds is 0. The van der Waals surface area contributed by atoms with Gasteiger partial charge in [0.1, 0.15) is 10.7 Å². The SMILES string of the molecule is c1ccc2sc3nc4ccccc4c-3nc2c1. The molecule has 0 aliphatic carbocycles. The van der Waals surface area contributed by atoms with Crippen molar-refractivity contribution < 1.29 is 0 Å². The molecule has 2 aliphatic heterocycles. The molecular formula is C14H8N2S. The lowest BCUT2D eigenvalue weighted by Crippen LogP contribution is -1.81. The molecule has 4 rings (SSSR count). The van der Waals surface area contributed by atoms with Gasteiger partial charge in [-0.15, -0.1) is 11.3 Å². The lowest BCUT2D eigenvalue weighted by atomic mass is 10.2.